The van der Waals surface area contributed by atoms with Crippen molar-refractivity contribution in [2.45, 2.75) is 19.1 Å². The van der Waals surface area contributed by atoms with Gasteiger partial charge < -0.3 is 0 Å². The van der Waals surface area contributed by atoms with Gasteiger partial charge in [0, 0.05) is 6.04 Å². The monoisotopic (exact) mass is 222 g/mol. The summed E-state index contributed by atoms with van der Waals surface area (Å²) in [5.41, 5.74) is 1.30. The molecule has 3 N–H and O–H groups in total. The van der Waals surface area contributed by atoms with Gasteiger partial charge in [-0.25, -0.2) is 4.39 Å². The van der Waals surface area contributed by atoms with Crippen LogP contribution in [0.1, 0.15) is 24.1 Å². The Morgan fingerprint density at radius 3 is 2.40 bits per heavy atom. The second-order valence-corrected chi connectivity index (χ2v) is 3.13. The van der Waals surface area contributed by atoms with Crippen LogP contribution in [0.15, 0.2) is 18.2 Å². The van der Waals surface area contributed by atoms with Crippen LogP contribution < -0.4 is 11.3 Å². The van der Waals surface area contributed by atoms with Gasteiger partial charge in [0.15, 0.2) is 0 Å². The van der Waals surface area contributed by atoms with Crippen molar-refractivity contribution in [1.82, 2.24) is 5.43 Å². The molecule has 0 aromatic heterocycles. The van der Waals surface area contributed by atoms with Gasteiger partial charge in [-0.15, -0.1) is 0 Å². The lowest BCUT2D eigenvalue weighted by molar-refractivity contribution is -0.140. The van der Waals surface area contributed by atoms with Gasteiger partial charge in [0.25, 0.3) is 0 Å². The van der Waals surface area contributed by atoms with Crippen molar-refractivity contribution in [3.63, 3.8) is 0 Å². The predicted molar refractivity (Wildman–Crippen MR) is 47.1 cm³/mol. The molecular weight excluding hydrogens is 212 g/mol. The molecule has 0 aliphatic rings. The highest BCUT2D eigenvalue weighted by Crippen LogP contribution is 2.32. The van der Waals surface area contributed by atoms with E-state index in [-0.39, 0.29) is 5.56 Å². The number of hydrogen-bond donors (Lipinski definition) is 2. The fourth-order valence-electron chi connectivity index (χ4n) is 1.13. The van der Waals surface area contributed by atoms with Gasteiger partial charge in [0.05, 0.1) is 5.56 Å². The van der Waals surface area contributed by atoms with Crippen molar-refractivity contribution >= 4 is 0 Å². The quantitative estimate of drug-likeness (QED) is 0.458. The lowest BCUT2D eigenvalue weighted by Gasteiger charge is -2.14. The van der Waals surface area contributed by atoms with E-state index in [2.05, 4.69) is 5.43 Å². The molecule has 15 heavy (non-hydrogen) atoms. The third-order valence-corrected chi connectivity index (χ3v) is 2.05. The normalized spacial score (nSPS) is 14.0. The van der Waals surface area contributed by atoms with Crippen LogP contribution in [-0.2, 0) is 6.18 Å². The van der Waals surface area contributed by atoms with Gasteiger partial charge >= 0.3 is 6.18 Å². The van der Waals surface area contributed by atoms with Gasteiger partial charge in [-0.2, -0.15) is 13.2 Å². The number of alkyl halides is 3. The van der Waals surface area contributed by atoms with Gasteiger partial charge in [-0.3, -0.25) is 11.3 Å². The number of hydrogen-bond acceptors (Lipinski definition) is 2. The smallest absolute Gasteiger partial charge is 0.271 e. The minimum Gasteiger partial charge on any atom is -0.271 e. The Bertz CT molecular complexity index is 348. The van der Waals surface area contributed by atoms with Crippen LogP contribution in [0.5, 0.6) is 0 Å². The molecule has 84 valence electrons. The molecule has 0 aliphatic heterocycles. The molecule has 0 unspecified atom stereocenters. The summed E-state index contributed by atoms with van der Waals surface area (Å²) in [4.78, 5) is 0. The number of rotatable bonds is 2. The van der Waals surface area contributed by atoms with Gasteiger partial charge in [-0.05, 0) is 24.6 Å². The standard InChI is InChI=1S/C9H10F4N2/c1-5(15-14)6-2-3-8(10)7(4-6)9(11,12)13/h2-5,15H,14H2,1H3/t5-/m1/s1. The van der Waals surface area contributed by atoms with Crippen molar-refractivity contribution in [3.8, 4) is 0 Å². The lowest BCUT2D eigenvalue weighted by atomic mass is 10.0. The molecule has 0 aliphatic carbocycles. The molecular formula is C9H10F4N2. The third kappa shape index (κ3) is 2.66. The number of benzene rings is 1. The molecule has 0 fully saturated rings. The molecule has 0 bridgehead atoms. The van der Waals surface area contributed by atoms with E-state index in [1.54, 1.807) is 6.92 Å². The molecule has 0 radical (unpaired) electrons. The highest BCUT2D eigenvalue weighted by Gasteiger charge is 2.34. The van der Waals surface area contributed by atoms with Crippen molar-refractivity contribution in [2.24, 2.45) is 5.84 Å². The molecule has 1 atom stereocenters. The Hall–Kier alpha value is -1.14. The summed E-state index contributed by atoms with van der Waals surface area (Å²) < 4.78 is 49.8. The largest absolute Gasteiger partial charge is 0.419 e. The number of nitrogens with one attached hydrogen (secondary N) is 1. The topological polar surface area (TPSA) is 38.0 Å². The minimum absolute atomic E-state index is 0.284. The van der Waals surface area contributed by atoms with Crippen LogP contribution in [0.3, 0.4) is 0 Å². The number of halogens is 4. The first-order valence-electron chi connectivity index (χ1n) is 4.19. The van der Waals surface area contributed by atoms with Gasteiger partial charge in [-0.1, -0.05) is 6.07 Å². The second kappa shape index (κ2) is 4.16. The van der Waals surface area contributed by atoms with Crippen LogP contribution in [-0.4, -0.2) is 0 Å². The highest BCUT2D eigenvalue weighted by atomic mass is 19.4. The van der Waals surface area contributed by atoms with Crippen LogP contribution in [0, 0.1) is 5.82 Å². The molecule has 1 rings (SSSR count). The molecule has 0 heterocycles. The van der Waals surface area contributed by atoms with E-state index in [4.69, 9.17) is 5.84 Å². The molecule has 0 spiro atoms. The summed E-state index contributed by atoms with van der Waals surface area (Å²) in [6, 6.07) is 2.33. The van der Waals surface area contributed by atoms with Crippen LogP contribution in [0.25, 0.3) is 0 Å². The summed E-state index contributed by atoms with van der Waals surface area (Å²) in [5.74, 6) is 3.79. The highest BCUT2D eigenvalue weighted by molar-refractivity contribution is 5.29. The van der Waals surface area contributed by atoms with Crippen molar-refractivity contribution in [1.29, 1.82) is 0 Å². The fraction of sp³-hybridized carbons (Fsp3) is 0.333. The zero-order chi connectivity index (χ0) is 11.6. The average molecular weight is 222 g/mol. The minimum atomic E-state index is -4.69. The van der Waals surface area contributed by atoms with Crippen LogP contribution in [0.2, 0.25) is 0 Å². The molecule has 6 heteroatoms. The summed E-state index contributed by atoms with van der Waals surface area (Å²) in [5, 5.41) is 0. The Morgan fingerprint density at radius 1 is 1.33 bits per heavy atom. The molecule has 1 aromatic carbocycles. The summed E-state index contributed by atoms with van der Waals surface area (Å²) in [7, 11) is 0. The van der Waals surface area contributed by atoms with E-state index >= 15 is 0 Å². The molecule has 0 saturated heterocycles. The summed E-state index contributed by atoms with van der Waals surface area (Å²) in [6.45, 7) is 1.58. The number of hydrazine groups is 1. The van der Waals surface area contributed by atoms with E-state index < -0.39 is 23.6 Å². The predicted octanol–water partition coefficient (Wildman–Crippen LogP) is 2.37. The maximum atomic E-state index is 12.9. The number of nitrogens with two attached hydrogens (primary N) is 1. The molecule has 1 aromatic rings. The molecule has 2 nitrogen and oxygen atoms in total. The summed E-state index contributed by atoms with van der Waals surface area (Å²) in [6.07, 6.45) is -4.69. The second-order valence-electron chi connectivity index (χ2n) is 3.13. The van der Waals surface area contributed by atoms with Crippen LogP contribution >= 0.6 is 0 Å². The Morgan fingerprint density at radius 2 is 1.93 bits per heavy atom. The SMILES string of the molecule is C[C@@H](NN)c1ccc(F)c(C(F)(F)F)c1. The Labute approximate surface area is 84.0 Å². The summed E-state index contributed by atoms with van der Waals surface area (Å²) >= 11 is 0. The molecule has 0 saturated carbocycles. The van der Waals surface area contributed by atoms with E-state index in [1.165, 1.54) is 6.07 Å². The zero-order valence-electron chi connectivity index (χ0n) is 7.90. The first-order chi connectivity index (χ1) is 6.86. The Balaban J connectivity index is 3.17. The first-order valence-corrected chi connectivity index (χ1v) is 4.19. The zero-order valence-corrected chi connectivity index (χ0v) is 7.90. The molecule has 0 amide bonds. The van der Waals surface area contributed by atoms with Crippen molar-refractivity contribution in [3.05, 3.63) is 35.1 Å². The average Bonchev–Trinajstić information content (AvgIpc) is 2.15. The van der Waals surface area contributed by atoms with Gasteiger partial charge in [0.1, 0.15) is 5.82 Å². The lowest BCUT2D eigenvalue weighted by Crippen LogP contribution is -2.26. The van der Waals surface area contributed by atoms with E-state index in [0.29, 0.717) is 0 Å². The van der Waals surface area contributed by atoms with E-state index in [9.17, 15) is 17.6 Å². The first kappa shape index (κ1) is 11.9. The maximum absolute atomic E-state index is 12.9. The van der Waals surface area contributed by atoms with Crippen LogP contribution in [0.4, 0.5) is 17.6 Å². The van der Waals surface area contributed by atoms with Crippen molar-refractivity contribution in [2.75, 3.05) is 0 Å². The maximum Gasteiger partial charge on any atom is 0.419 e. The van der Waals surface area contributed by atoms with E-state index in [1.807, 2.05) is 0 Å². The van der Waals surface area contributed by atoms with Gasteiger partial charge in [0.2, 0.25) is 0 Å². The Kier molecular flexibility index (Phi) is 3.31. The van der Waals surface area contributed by atoms with Crippen molar-refractivity contribution < 1.29 is 17.6 Å². The van der Waals surface area contributed by atoms with E-state index in [0.717, 1.165) is 12.1 Å². The fourth-order valence-corrected chi connectivity index (χ4v) is 1.13. The third-order valence-electron chi connectivity index (χ3n) is 2.05.